The highest BCUT2D eigenvalue weighted by atomic mass is 16.3. The average Bonchev–Trinajstić information content (AvgIpc) is 2.88. The Balaban J connectivity index is 2.18. The van der Waals surface area contributed by atoms with Crippen molar-refractivity contribution in [1.29, 1.82) is 0 Å². The largest absolute Gasteiger partial charge is 0.467 e. The highest BCUT2D eigenvalue weighted by Gasteiger charge is 2.17. The maximum Gasteiger partial charge on any atom is 0.252 e. The summed E-state index contributed by atoms with van der Waals surface area (Å²) in [7, 11) is 0. The molecule has 6 nitrogen and oxygen atoms in total. The molecule has 0 aliphatic heterocycles. The van der Waals surface area contributed by atoms with Gasteiger partial charge in [0.25, 0.3) is 5.91 Å². The molecule has 2 heterocycles. The van der Waals surface area contributed by atoms with Gasteiger partial charge in [0.2, 0.25) is 5.56 Å². The number of hydrogen-bond acceptors (Lipinski definition) is 4. The van der Waals surface area contributed by atoms with Crippen LogP contribution in [0, 0.1) is 6.92 Å². The molecule has 2 aromatic rings. The molecule has 1 amide bonds. The van der Waals surface area contributed by atoms with Gasteiger partial charge in [-0.25, -0.2) is 0 Å². The molecule has 6 heteroatoms. The summed E-state index contributed by atoms with van der Waals surface area (Å²) in [6.07, 6.45) is 1.46. The number of rotatable bonds is 4. The van der Waals surface area contributed by atoms with Crippen molar-refractivity contribution in [1.82, 2.24) is 10.3 Å². The van der Waals surface area contributed by atoms with E-state index in [2.05, 4.69) is 10.3 Å². The number of aromatic amines is 1. The van der Waals surface area contributed by atoms with Gasteiger partial charge in [0.15, 0.2) is 0 Å². The Morgan fingerprint density at radius 3 is 2.89 bits per heavy atom. The summed E-state index contributed by atoms with van der Waals surface area (Å²) in [5.41, 5.74) is 0.492. The predicted molar refractivity (Wildman–Crippen MR) is 67.8 cm³/mol. The first-order valence-electron chi connectivity index (χ1n) is 5.76. The van der Waals surface area contributed by atoms with Crippen molar-refractivity contribution in [2.24, 2.45) is 0 Å². The highest BCUT2D eigenvalue weighted by molar-refractivity contribution is 5.94. The molecule has 0 aliphatic rings. The standard InChI is InChI=1S/C13H14N2O4/c1-8-5-9(6-12(17)14-8)13(18)15-10(7-16)11-3-2-4-19-11/h2-6,10,16H,7H2,1H3,(H,14,17)(H,15,18). The Morgan fingerprint density at radius 2 is 2.32 bits per heavy atom. The van der Waals surface area contributed by atoms with Crippen LogP contribution < -0.4 is 10.9 Å². The molecule has 3 N–H and O–H groups in total. The average molecular weight is 262 g/mol. The Morgan fingerprint density at radius 1 is 1.53 bits per heavy atom. The fourth-order valence-corrected chi connectivity index (χ4v) is 1.75. The molecule has 0 aromatic carbocycles. The van der Waals surface area contributed by atoms with Crippen molar-refractivity contribution in [2.45, 2.75) is 13.0 Å². The molecule has 0 aliphatic carbocycles. The Labute approximate surface area is 109 Å². The van der Waals surface area contributed by atoms with Gasteiger partial charge >= 0.3 is 0 Å². The summed E-state index contributed by atoms with van der Waals surface area (Å²) in [6.45, 7) is 1.40. The maximum atomic E-state index is 12.0. The Kier molecular flexibility index (Phi) is 3.82. The second-order valence-corrected chi connectivity index (χ2v) is 4.14. The third-order valence-electron chi connectivity index (χ3n) is 2.62. The summed E-state index contributed by atoms with van der Waals surface area (Å²) in [6, 6.07) is 5.46. The van der Waals surface area contributed by atoms with Crippen LogP contribution >= 0.6 is 0 Å². The number of aliphatic hydroxyl groups excluding tert-OH is 1. The van der Waals surface area contributed by atoms with E-state index in [1.54, 1.807) is 25.1 Å². The van der Waals surface area contributed by atoms with Crippen LogP contribution in [0.2, 0.25) is 0 Å². The molecule has 0 radical (unpaired) electrons. The fourth-order valence-electron chi connectivity index (χ4n) is 1.75. The van der Waals surface area contributed by atoms with Crippen LogP contribution in [-0.4, -0.2) is 22.6 Å². The third kappa shape index (κ3) is 3.11. The number of aryl methyl sites for hydroxylation is 1. The molecule has 0 bridgehead atoms. The molecule has 1 atom stereocenters. The molecule has 0 fully saturated rings. The molecule has 0 saturated carbocycles. The molecular weight excluding hydrogens is 248 g/mol. The molecule has 19 heavy (non-hydrogen) atoms. The zero-order chi connectivity index (χ0) is 13.8. The number of carbonyl (C=O) groups excluding carboxylic acids is 1. The summed E-state index contributed by atoms with van der Waals surface area (Å²) < 4.78 is 5.13. The van der Waals surface area contributed by atoms with Crippen molar-refractivity contribution in [3.63, 3.8) is 0 Å². The molecule has 0 saturated heterocycles. The number of aliphatic hydroxyl groups is 1. The first-order chi connectivity index (χ1) is 9.10. The van der Waals surface area contributed by atoms with Gasteiger partial charge in [0, 0.05) is 17.3 Å². The lowest BCUT2D eigenvalue weighted by Gasteiger charge is -2.13. The molecule has 2 rings (SSSR count). The number of nitrogens with one attached hydrogen (secondary N) is 2. The molecule has 2 aromatic heterocycles. The first-order valence-corrected chi connectivity index (χ1v) is 5.76. The number of furan rings is 1. The summed E-state index contributed by atoms with van der Waals surface area (Å²) in [5, 5.41) is 11.9. The van der Waals surface area contributed by atoms with E-state index in [0.29, 0.717) is 11.5 Å². The fraction of sp³-hybridized carbons (Fsp3) is 0.231. The topological polar surface area (TPSA) is 95.3 Å². The van der Waals surface area contributed by atoms with E-state index >= 15 is 0 Å². The summed E-state index contributed by atoms with van der Waals surface area (Å²) in [5.74, 6) is 0.0158. The van der Waals surface area contributed by atoms with Crippen molar-refractivity contribution in [2.75, 3.05) is 6.61 Å². The van der Waals surface area contributed by atoms with E-state index in [1.807, 2.05) is 0 Å². The number of carbonyl (C=O) groups is 1. The van der Waals surface area contributed by atoms with Crippen LogP contribution in [-0.2, 0) is 0 Å². The normalized spacial score (nSPS) is 12.1. The molecular formula is C13H14N2O4. The van der Waals surface area contributed by atoms with Crippen molar-refractivity contribution in [3.05, 3.63) is 57.9 Å². The van der Waals surface area contributed by atoms with Gasteiger partial charge in [-0.15, -0.1) is 0 Å². The van der Waals surface area contributed by atoms with Gasteiger partial charge < -0.3 is 19.8 Å². The van der Waals surface area contributed by atoms with Crippen LogP contribution in [0.3, 0.4) is 0 Å². The van der Waals surface area contributed by atoms with Crippen LogP contribution in [0.1, 0.15) is 27.9 Å². The number of pyridine rings is 1. The predicted octanol–water partition coefficient (Wildman–Crippen LogP) is 0.740. The van der Waals surface area contributed by atoms with Crippen LogP contribution in [0.15, 0.2) is 39.7 Å². The van der Waals surface area contributed by atoms with E-state index in [-0.39, 0.29) is 17.7 Å². The minimum atomic E-state index is -0.637. The lowest BCUT2D eigenvalue weighted by molar-refractivity contribution is 0.0907. The Bertz CT molecular complexity index is 616. The van der Waals surface area contributed by atoms with Gasteiger partial charge in [-0.1, -0.05) is 0 Å². The summed E-state index contributed by atoms with van der Waals surface area (Å²) >= 11 is 0. The van der Waals surface area contributed by atoms with Gasteiger partial charge in [-0.05, 0) is 25.1 Å². The van der Waals surface area contributed by atoms with Crippen molar-refractivity contribution in [3.8, 4) is 0 Å². The number of amides is 1. The number of H-pyrrole nitrogens is 1. The van der Waals surface area contributed by atoms with Gasteiger partial charge in [0.1, 0.15) is 11.8 Å². The van der Waals surface area contributed by atoms with Gasteiger partial charge in [0.05, 0.1) is 12.9 Å². The van der Waals surface area contributed by atoms with E-state index in [9.17, 15) is 14.7 Å². The summed E-state index contributed by atoms with van der Waals surface area (Å²) in [4.78, 5) is 25.8. The first kappa shape index (κ1) is 13.1. The minimum Gasteiger partial charge on any atom is -0.467 e. The molecule has 0 spiro atoms. The van der Waals surface area contributed by atoms with Crippen molar-refractivity contribution < 1.29 is 14.3 Å². The zero-order valence-electron chi connectivity index (χ0n) is 10.3. The monoisotopic (exact) mass is 262 g/mol. The molecule has 100 valence electrons. The minimum absolute atomic E-state index is 0.242. The van der Waals surface area contributed by atoms with E-state index in [0.717, 1.165) is 0 Å². The van der Waals surface area contributed by atoms with E-state index in [1.165, 1.54) is 12.3 Å². The lowest BCUT2D eigenvalue weighted by Crippen LogP contribution is -2.31. The number of hydrogen-bond donors (Lipinski definition) is 3. The zero-order valence-corrected chi connectivity index (χ0v) is 10.3. The smallest absolute Gasteiger partial charge is 0.252 e. The van der Waals surface area contributed by atoms with E-state index < -0.39 is 11.9 Å². The lowest BCUT2D eigenvalue weighted by atomic mass is 10.2. The quantitative estimate of drug-likeness (QED) is 0.757. The second-order valence-electron chi connectivity index (χ2n) is 4.14. The highest BCUT2D eigenvalue weighted by Crippen LogP contribution is 2.13. The second kappa shape index (κ2) is 5.53. The van der Waals surface area contributed by atoms with Crippen LogP contribution in [0.4, 0.5) is 0 Å². The number of aromatic nitrogens is 1. The molecule has 1 unspecified atom stereocenters. The van der Waals surface area contributed by atoms with Gasteiger partial charge in [-0.2, -0.15) is 0 Å². The third-order valence-corrected chi connectivity index (χ3v) is 2.62. The van der Waals surface area contributed by atoms with Crippen molar-refractivity contribution >= 4 is 5.91 Å². The Hall–Kier alpha value is -2.34. The maximum absolute atomic E-state index is 12.0. The SMILES string of the molecule is Cc1cc(C(=O)NC(CO)c2ccco2)cc(=O)[nH]1. The van der Waals surface area contributed by atoms with Crippen LogP contribution in [0.25, 0.3) is 0 Å². The van der Waals surface area contributed by atoms with Gasteiger partial charge in [-0.3, -0.25) is 9.59 Å². The van der Waals surface area contributed by atoms with E-state index in [4.69, 9.17) is 4.42 Å². The van der Waals surface area contributed by atoms with Crippen LogP contribution in [0.5, 0.6) is 0 Å².